The van der Waals surface area contributed by atoms with Crippen molar-refractivity contribution in [2.24, 2.45) is 0 Å². The molecule has 0 radical (unpaired) electrons. The second-order valence-electron chi connectivity index (χ2n) is 2.33. The summed E-state index contributed by atoms with van der Waals surface area (Å²) in [6, 6.07) is 0. The predicted molar refractivity (Wildman–Crippen MR) is 37.2 cm³/mol. The van der Waals surface area contributed by atoms with Gasteiger partial charge in [0.1, 0.15) is 0 Å². The van der Waals surface area contributed by atoms with Gasteiger partial charge >= 0.3 is 0 Å². The standard InChI is InChI=1S/C6H12OS/c1-5-2-3-6(4-7)8-5/h5-7H,2-4H2,1H3/t5-,6-/m1/s1. The van der Waals surface area contributed by atoms with Crippen molar-refractivity contribution in [3.8, 4) is 0 Å². The van der Waals surface area contributed by atoms with Gasteiger partial charge in [0.05, 0.1) is 6.61 Å². The Balaban J connectivity index is 2.22. The minimum absolute atomic E-state index is 0.370. The zero-order valence-electron chi connectivity index (χ0n) is 5.13. The molecule has 0 aromatic carbocycles. The average molecular weight is 132 g/mol. The molecule has 1 rings (SSSR count). The second kappa shape index (κ2) is 2.74. The zero-order chi connectivity index (χ0) is 5.98. The summed E-state index contributed by atoms with van der Waals surface area (Å²) < 4.78 is 0. The van der Waals surface area contributed by atoms with E-state index in [2.05, 4.69) is 6.92 Å². The molecule has 1 aliphatic heterocycles. The fourth-order valence-corrected chi connectivity index (χ4v) is 2.31. The third kappa shape index (κ3) is 1.39. The average Bonchev–Trinajstić information content (AvgIpc) is 2.14. The summed E-state index contributed by atoms with van der Waals surface area (Å²) in [6.07, 6.45) is 2.50. The first kappa shape index (κ1) is 6.43. The molecule has 2 atom stereocenters. The molecule has 0 bridgehead atoms. The van der Waals surface area contributed by atoms with E-state index in [1.165, 1.54) is 12.8 Å². The molecule has 0 aliphatic carbocycles. The number of aliphatic hydroxyl groups is 1. The summed E-state index contributed by atoms with van der Waals surface area (Å²) in [5, 5.41) is 9.99. The van der Waals surface area contributed by atoms with Crippen LogP contribution in [-0.4, -0.2) is 22.2 Å². The van der Waals surface area contributed by atoms with Gasteiger partial charge in [-0.15, -0.1) is 0 Å². The molecule has 8 heavy (non-hydrogen) atoms. The molecule has 1 N–H and O–H groups in total. The van der Waals surface area contributed by atoms with E-state index in [4.69, 9.17) is 5.11 Å². The molecule has 1 fully saturated rings. The number of hydrogen-bond acceptors (Lipinski definition) is 2. The SMILES string of the molecule is C[C@@H]1CC[C@H](CO)S1. The topological polar surface area (TPSA) is 20.2 Å². The minimum atomic E-state index is 0.370. The quantitative estimate of drug-likeness (QED) is 0.579. The lowest BCUT2D eigenvalue weighted by molar-refractivity contribution is 0.292. The molecular formula is C6H12OS. The molecule has 1 nitrogen and oxygen atoms in total. The molecule has 0 spiro atoms. The first-order valence-electron chi connectivity index (χ1n) is 3.09. The Kier molecular flexibility index (Phi) is 2.20. The van der Waals surface area contributed by atoms with Crippen molar-refractivity contribution in [1.29, 1.82) is 0 Å². The first-order valence-corrected chi connectivity index (χ1v) is 4.03. The molecule has 0 aromatic heterocycles. The van der Waals surface area contributed by atoms with Crippen molar-refractivity contribution in [3.05, 3.63) is 0 Å². The largest absolute Gasteiger partial charge is 0.395 e. The van der Waals surface area contributed by atoms with Gasteiger partial charge in [-0.3, -0.25) is 0 Å². The van der Waals surface area contributed by atoms with Gasteiger partial charge in [-0.1, -0.05) is 6.92 Å². The Hall–Kier alpha value is 0.310. The van der Waals surface area contributed by atoms with Gasteiger partial charge in [-0.05, 0) is 12.8 Å². The molecule has 0 aromatic rings. The normalized spacial score (nSPS) is 38.2. The highest BCUT2D eigenvalue weighted by atomic mass is 32.2. The Morgan fingerprint density at radius 2 is 2.38 bits per heavy atom. The monoisotopic (exact) mass is 132 g/mol. The van der Waals surface area contributed by atoms with Crippen LogP contribution in [0.5, 0.6) is 0 Å². The van der Waals surface area contributed by atoms with E-state index in [0.717, 1.165) is 5.25 Å². The number of hydrogen-bond donors (Lipinski definition) is 1. The minimum Gasteiger partial charge on any atom is -0.395 e. The van der Waals surface area contributed by atoms with Crippen LogP contribution in [0.25, 0.3) is 0 Å². The molecule has 1 heterocycles. The van der Waals surface area contributed by atoms with E-state index < -0.39 is 0 Å². The van der Waals surface area contributed by atoms with E-state index in [1.54, 1.807) is 0 Å². The maximum atomic E-state index is 8.66. The fourth-order valence-electron chi connectivity index (χ4n) is 1.02. The van der Waals surface area contributed by atoms with Crippen LogP contribution in [0, 0.1) is 0 Å². The molecule has 0 amide bonds. The van der Waals surface area contributed by atoms with Gasteiger partial charge in [0.25, 0.3) is 0 Å². The maximum Gasteiger partial charge on any atom is 0.0550 e. The van der Waals surface area contributed by atoms with Crippen LogP contribution < -0.4 is 0 Å². The van der Waals surface area contributed by atoms with Gasteiger partial charge in [-0.25, -0.2) is 0 Å². The molecule has 0 saturated carbocycles. The van der Waals surface area contributed by atoms with E-state index in [9.17, 15) is 0 Å². The summed E-state index contributed by atoms with van der Waals surface area (Å²) in [4.78, 5) is 0. The maximum absolute atomic E-state index is 8.66. The first-order chi connectivity index (χ1) is 3.83. The molecule has 0 unspecified atom stereocenters. The van der Waals surface area contributed by atoms with E-state index in [0.29, 0.717) is 11.9 Å². The third-order valence-electron chi connectivity index (χ3n) is 1.52. The molecular weight excluding hydrogens is 120 g/mol. The Labute approximate surface area is 54.5 Å². The van der Waals surface area contributed by atoms with Crippen molar-refractivity contribution in [1.82, 2.24) is 0 Å². The lowest BCUT2D eigenvalue weighted by Gasteiger charge is -2.01. The van der Waals surface area contributed by atoms with Crippen molar-refractivity contribution in [2.45, 2.75) is 30.3 Å². The lowest BCUT2D eigenvalue weighted by Crippen LogP contribution is -2.01. The predicted octanol–water partition coefficient (Wildman–Crippen LogP) is 1.26. The summed E-state index contributed by atoms with van der Waals surface area (Å²) >= 11 is 1.92. The smallest absolute Gasteiger partial charge is 0.0550 e. The van der Waals surface area contributed by atoms with Gasteiger partial charge in [-0.2, -0.15) is 11.8 Å². The highest BCUT2D eigenvalue weighted by molar-refractivity contribution is 8.00. The summed E-state index contributed by atoms with van der Waals surface area (Å²) in [6.45, 7) is 2.59. The van der Waals surface area contributed by atoms with Crippen LogP contribution in [0.4, 0.5) is 0 Å². The fraction of sp³-hybridized carbons (Fsp3) is 1.00. The van der Waals surface area contributed by atoms with E-state index in [-0.39, 0.29) is 0 Å². The molecule has 1 saturated heterocycles. The zero-order valence-corrected chi connectivity index (χ0v) is 5.95. The number of thioether (sulfide) groups is 1. The lowest BCUT2D eigenvalue weighted by atomic mass is 10.2. The molecule has 48 valence electrons. The summed E-state index contributed by atoms with van der Waals surface area (Å²) in [5.74, 6) is 0. The number of aliphatic hydroxyl groups excluding tert-OH is 1. The van der Waals surface area contributed by atoms with E-state index >= 15 is 0 Å². The Bertz CT molecular complexity index is 74.9. The van der Waals surface area contributed by atoms with E-state index in [1.807, 2.05) is 11.8 Å². The van der Waals surface area contributed by atoms with Crippen molar-refractivity contribution in [3.63, 3.8) is 0 Å². The van der Waals surface area contributed by atoms with Crippen LogP contribution in [0.2, 0.25) is 0 Å². The van der Waals surface area contributed by atoms with Crippen molar-refractivity contribution >= 4 is 11.8 Å². The second-order valence-corrected chi connectivity index (χ2v) is 4.07. The number of rotatable bonds is 1. The Morgan fingerprint density at radius 1 is 1.62 bits per heavy atom. The van der Waals surface area contributed by atoms with Gasteiger partial charge in [0.15, 0.2) is 0 Å². The van der Waals surface area contributed by atoms with Gasteiger partial charge in [0.2, 0.25) is 0 Å². The highest BCUT2D eigenvalue weighted by Crippen LogP contribution is 2.32. The highest BCUT2D eigenvalue weighted by Gasteiger charge is 2.20. The van der Waals surface area contributed by atoms with Crippen LogP contribution in [0.15, 0.2) is 0 Å². The van der Waals surface area contributed by atoms with Crippen molar-refractivity contribution in [2.75, 3.05) is 6.61 Å². The van der Waals surface area contributed by atoms with Crippen LogP contribution in [0.3, 0.4) is 0 Å². The van der Waals surface area contributed by atoms with Gasteiger partial charge < -0.3 is 5.11 Å². The summed E-state index contributed by atoms with van der Waals surface area (Å²) in [5.41, 5.74) is 0. The van der Waals surface area contributed by atoms with Crippen LogP contribution in [-0.2, 0) is 0 Å². The van der Waals surface area contributed by atoms with Crippen molar-refractivity contribution < 1.29 is 5.11 Å². The molecule has 1 aliphatic rings. The summed E-state index contributed by atoms with van der Waals surface area (Å²) in [7, 11) is 0. The third-order valence-corrected chi connectivity index (χ3v) is 2.99. The van der Waals surface area contributed by atoms with Gasteiger partial charge in [0, 0.05) is 10.5 Å². The Morgan fingerprint density at radius 3 is 2.62 bits per heavy atom. The van der Waals surface area contributed by atoms with Crippen LogP contribution >= 0.6 is 11.8 Å². The molecule has 2 heteroatoms. The van der Waals surface area contributed by atoms with Crippen LogP contribution in [0.1, 0.15) is 19.8 Å².